The average molecular weight is 260 g/mol. The minimum Gasteiger partial charge on any atom is -0.398 e. The van der Waals surface area contributed by atoms with E-state index in [9.17, 15) is 14.4 Å². The number of nitrogens with two attached hydrogens (primary N) is 1. The maximum Gasteiger partial charge on any atom is 0.321 e. The zero-order valence-corrected chi connectivity index (χ0v) is 9.97. The summed E-state index contributed by atoms with van der Waals surface area (Å²) in [5.74, 6) is -0.706. The van der Waals surface area contributed by atoms with Crippen molar-refractivity contribution in [3.05, 3.63) is 29.3 Å². The van der Waals surface area contributed by atoms with Crippen LogP contribution in [0.4, 0.5) is 10.5 Å². The summed E-state index contributed by atoms with van der Waals surface area (Å²) in [6.45, 7) is 0.402. The molecule has 1 aromatic carbocycles. The van der Waals surface area contributed by atoms with E-state index in [4.69, 9.17) is 5.73 Å². The fourth-order valence-electron chi connectivity index (χ4n) is 2.40. The van der Waals surface area contributed by atoms with Crippen LogP contribution in [0.2, 0.25) is 0 Å². The van der Waals surface area contributed by atoms with Crippen molar-refractivity contribution in [1.82, 2.24) is 15.5 Å². The molecule has 1 fully saturated rings. The van der Waals surface area contributed by atoms with Crippen molar-refractivity contribution in [2.24, 2.45) is 0 Å². The van der Waals surface area contributed by atoms with Gasteiger partial charge in [0.1, 0.15) is 6.04 Å². The van der Waals surface area contributed by atoms with Crippen LogP contribution in [0.1, 0.15) is 15.9 Å². The van der Waals surface area contributed by atoms with E-state index in [0.717, 1.165) is 5.56 Å². The van der Waals surface area contributed by atoms with Gasteiger partial charge in [-0.05, 0) is 12.1 Å². The Hall–Kier alpha value is -2.57. The molecule has 0 saturated carbocycles. The van der Waals surface area contributed by atoms with Crippen LogP contribution >= 0.6 is 0 Å². The summed E-state index contributed by atoms with van der Waals surface area (Å²) in [5, 5.41) is 4.66. The predicted molar refractivity (Wildman–Crippen MR) is 66.1 cm³/mol. The van der Waals surface area contributed by atoms with Crippen molar-refractivity contribution in [3.8, 4) is 0 Å². The van der Waals surface area contributed by atoms with Crippen molar-refractivity contribution in [1.29, 1.82) is 0 Å². The van der Waals surface area contributed by atoms with Gasteiger partial charge in [-0.15, -0.1) is 0 Å². The highest BCUT2D eigenvalue weighted by atomic mass is 16.2. The zero-order valence-electron chi connectivity index (χ0n) is 9.97. The second-order valence-corrected chi connectivity index (χ2v) is 4.52. The lowest BCUT2D eigenvalue weighted by Gasteiger charge is -2.29. The first-order valence-corrected chi connectivity index (χ1v) is 5.85. The van der Waals surface area contributed by atoms with E-state index >= 15 is 0 Å². The number of benzene rings is 1. The highest BCUT2D eigenvalue weighted by Gasteiger charge is 2.39. The second kappa shape index (κ2) is 3.98. The van der Waals surface area contributed by atoms with Crippen LogP contribution < -0.4 is 16.4 Å². The molecule has 7 nitrogen and oxygen atoms in total. The number of hydrogen-bond acceptors (Lipinski definition) is 4. The zero-order chi connectivity index (χ0) is 13.6. The summed E-state index contributed by atoms with van der Waals surface area (Å²) in [6, 6.07) is 3.88. The number of nitrogens with zero attached hydrogens (tertiary/aromatic N) is 1. The molecule has 1 unspecified atom stereocenters. The largest absolute Gasteiger partial charge is 0.398 e. The molecule has 1 aromatic rings. The monoisotopic (exact) mass is 260 g/mol. The fourth-order valence-corrected chi connectivity index (χ4v) is 2.40. The van der Waals surface area contributed by atoms with E-state index in [1.165, 1.54) is 4.90 Å². The standard InChI is InChI=1S/C12H12N4O3/c13-8-3-1-2-6-7(8)5-16(11(6)18)9-4-14-12(19)15-10(9)17/h1-3,9H,4-5,13H2,(H2,14,15,17,19). The Bertz CT molecular complexity index is 599. The lowest BCUT2D eigenvalue weighted by Crippen LogP contribution is -2.61. The van der Waals surface area contributed by atoms with E-state index < -0.39 is 18.0 Å². The van der Waals surface area contributed by atoms with Gasteiger partial charge in [0.25, 0.3) is 11.8 Å². The first kappa shape index (κ1) is 11.5. The molecule has 7 heteroatoms. The van der Waals surface area contributed by atoms with Crippen LogP contribution in [0, 0.1) is 0 Å². The molecule has 1 atom stereocenters. The van der Waals surface area contributed by atoms with Gasteiger partial charge < -0.3 is 16.0 Å². The van der Waals surface area contributed by atoms with Crippen LogP contribution in [0.3, 0.4) is 0 Å². The van der Waals surface area contributed by atoms with Crippen molar-refractivity contribution >= 4 is 23.5 Å². The lowest BCUT2D eigenvalue weighted by atomic mass is 10.1. The van der Waals surface area contributed by atoms with Crippen molar-refractivity contribution in [2.75, 3.05) is 12.3 Å². The molecule has 2 aliphatic rings. The maximum atomic E-state index is 12.3. The van der Waals surface area contributed by atoms with Crippen LogP contribution in [0.15, 0.2) is 18.2 Å². The van der Waals surface area contributed by atoms with E-state index in [-0.39, 0.29) is 19.0 Å². The third-order valence-corrected chi connectivity index (χ3v) is 3.40. The topological polar surface area (TPSA) is 105 Å². The number of anilines is 1. The molecular formula is C12H12N4O3. The Kier molecular flexibility index (Phi) is 2.41. The summed E-state index contributed by atoms with van der Waals surface area (Å²) >= 11 is 0. The smallest absolute Gasteiger partial charge is 0.321 e. The van der Waals surface area contributed by atoms with Gasteiger partial charge >= 0.3 is 6.03 Å². The Labute approximate surface area is 108 Å². The van der Waals surface area contributed by atoms with E-state index in [1.54, 1.807) is 18.2 Å². The fraction of sp³-hybridized carbons (Fsp3) is 0.250. The van der Waals surface area contributed by atoms with Crippen LogP contribution in [0.5, 0.6) is 0 Å². The molecule has 0 bridgehead atoms. The van der Waals surface area contributed by atoms with E-state index in [2.05, 4.69) is 10.6 Å². The number of amides is 4. The maximum absolute atomic E-state index is 12.3. The second-order valence-electron chi connectivity index (χ2n) is 4.52. The number of hydrogen-bond donors (Lipinski definition) is 3. The molecule has 4 N–H and O–H groups in total. The summed E-state index contributed by atoms with van der Waals surface area (Å²) in [7, 11) is 0. The first-order chi connectivity index (χ1) is 9.08. The lowest BCUT2D eigenvalue weighted by molar-refractivity contribution is -0.125. The average Bonchev–Trinajstić information content (AvgIpc) is 2.69. The summed E-state index contributed by atoms with van der Waals surface area (Å²) in [4.78, 5) is 36.5. The number of nitrogens with one attached hydrogen (secondary N) is 2. The molecule has 19 heavy (non-hydrogen) atoms. The molecule has 98 valence electrons. The third-order valence-electron chi connectivity index (χ3n) is 3.40. The minimum atomic E-state index is -0.697. The third kappa shape index (κ3) is 1.70. The van der Waals surface area contributed by atoms with Gasteiger partial charge in [-0.25, -0.2) is 4.79 Å². The number of carbonyl (C=O) groups is 3. The van der Waals surface area contributed by atoms with Crippen LogP contribution in [-0.2, 0) is 11.3 Å². The van der Waals surface area contributed by atoms with E-state index in [0.29, 0.717) is 11.3 Å². The number of rotatable bonds is 1. The van der Waals surface area contributed by atoms with Gasteiger partial charge in [-0.1, -0.05) is 6.07 Å². The molecule has 0 aromatic heterocycles. The van der Waals surface area contributed by atoms with Gasteiger partial charge in [0, 0.05) is 29.9 Å². The minimum absolute atomic E-state index is 0.115. The molecule has 0 aliphatic carbocycles. The normalized spacial score (nSPS) is 22.0. The van der Waals surface area contributed by atoms with Gasteiger partial charge in [-0.3, -0.25) is 14.9 Å². The Balaban J connectivity index is 1.90. The number of nitrogen functional groups attached to an aromatic ring is 1. The molecule has 0 spiro atoms. The SMILES string of the molecule is Nc1cccc2c1CN(C1CNC(=O)NC1=O)C2=O. The molecule has 0 radical (unpaired) electrons. The molecule has 3 rings (SSSR count). The summed E-state index contributed by atoms with van der Waals surface area (Å²) < 4.78 is 0. The molecular weight excluding hydrogens is 248 g/mol. The quantitative estimate of drug-likeness (QED) is 0.588. The van der Waals surface area contributed by atoms with Crippen LogP contribution in [0.25, 0.3) is 0 Å². The van der Waals surface area contributed by atoms with Crippen molar-refractivity contribution in [2.45, 2.75) is 12.6 Å². The van der Waals surface area contributed by atoms with Gasteiger partial charge in [0.15, 0.2) is 0 Å². The Morgan fingerprint density at radius 2 is 2.05 bits per heavy atom. The van der Waals surface area contributed by atoms with Gasteiger partial charge in [-0.2, -0.15) is 0 Å². The molecule has 4 amide bonds. The Morgan fingerprint density at radius 1 is 1.26 bits per heavy atom. The van der Waals surface area contributed by atoms with Crippen molar-refractivity contribution in [3.63, 3.8) is 0 Å². The van der Waals surface area contributed by atoms with Crippen molar-refractivity contribution < 1.29 is 14.4 Å². The van der Waals surface area contributed by atoms with Crippen LogP contribution in [-0.4, -0.2) is 35.3 Å². The van der Waals surface area contributed by atoms with Gasteiger partial charge in [0.05, 0.1) is 0 Å². The molecule has 2 heterocycles. The first-order valence-electron chi connectivity index (χ1n) is 5.85. The number of carbonyl (C=O) groups excluding carboxylic acids is 3. The summed E-state index contributed by atoms with van der Waals surface area (Å²) in [6.07, 6.45) is 0. The van der Waals surface area contributed by atoms with E-state index in [1.807, 2.05) is 0 Å². The highest BCUT2D eigenvalue weighted by Crippen LogP contribution is 2.29. The Morgan fingerprint density at radius 3 is 2.74 bits per heavy atom. The number of urea groups is 1. The summed E-state index contributed by atoms with van der Waals surface area (Å²) in [5.41, 5.74) is 7.62. The number of imide groups is 1. The highest BCUT2D eigenvalue weighted by molar-refractivity contribution is 6.05. The number of fused-ring (bicyclic) bond motifs is 1. The predicted octanol–water partition coefficient (Wildman–Crippen LogP) is -0.567. The van der Waals surface area contributed by atoms with Gasteiger partial charge in [0.2, 0.25) is 0 Å². The molecule has 1 saturated heterocycles. The molecule has 2 aliphatic heterocycles.